The van der Waals surface area contributed by atoms with Gasteiger partial charge in [-0.25, -0.2) is 9.59 Å². The summed E-state index contributed by atoms with van der Waals surface area (Å²) in [5.41, 5.74) is 1.23. The van der Waals surface area contributed by atoms with E-state index in [4.69, 9.17) is 37.4 Å². The molecule has 0 unspecified atom stereocenters. The third-order valence-corrected chi connectivity index (χ3v) is 7.48. The number of amides is 1. The Hall–Kier alpha value is -4.40. The van der Waals surface area contributed by atoms with Crippen LogP contribution in [0, 0.1) is 10.1 Å². The van der Waals surface area contributed by atoms with Crippen LogP contribution in [0.15, 0.2) is 54.6 Å². The predicted octanol–water partition coefficient (Wildman–Crippen LogP) is 8.59. The van der Waals surface area contributed by atoms with Crippen LogP contribution in [0.25, 0.3) is 0 Å². The Bertz CT molecular complexity index is 1630. The topological polar surface area (TPSA) is 135 Å². The molecule has 0 bridgehead atoms. The van der Waals surface area contributed by atoms with Crippen molar-refractivity contribution >= 4 is 52.4 Å². The highest BCUT2D eigenvalue weighted by atomic mass is 35.5. The highest BCUT2D eigenvalue weighted by molar-refractivity contribution is 6.32. The summed E-state index contributed by atoms with van der Waals surface area (Å²) in [5.74, 6) is -2.42. The Morgan fingerprint density at radius 3 is 2.12 bits per heavy atom. The van der Waals surface area contributed by atoms with Gasteiger partial charge in [-0.2, -0.15) is 13.2 Å². The van der Waals surface area contributed by atoms with E-state index in [2.05, 4.69) is 43.7 Å². The molecule has 0 fully saturated rings. The van der Waals surface area contributed by atoms with Gasteiger partial charge < -0.3 is 23.8 Å². The number of para-hydroxylation sites is 1. The van der Waals surface area contributed by atoms with E-state index in [-0.39, 0.29) is 34.9 Å². The lowest BCUT2D eigenvalue weighted by Gasteiger charge is -2.27. The molecule has 0 aliphatic rings. The smallest absolute Gasteiger partial charge is 0.416 e. The molecule has 51 heavy (non-hydrogen) atoms. The SMILES string of the molecule is CCCOCCN(C(=O)CCl)c1c(CC)cccc1CC.CCOC(=O)COC(=O)c1cc(Oc2ccc(C(F)(F)F)cc2Cl)ccc1[N+](=O)[O-]. The fraction of sp³-hybridized carbons (Fsp3) is 0.400. The average molecular weight is 760 g/mol. The van der Waals surface area contributed by atoms with Crippen LogP contribution in [-0.2, 0) is 42.8 Å². The monoisotopic (exact) mass is 758 g/mol. The zero-order valence-electron chi connectivity index (χ0n) is 28.5. The minimum absolute atomic E-state index is 0.00498. The van der Waals surface area contributed by atoms with Crippen LogP contribution in [0.2, 0.25) is 5.02 Å². The van der Waals surface area contributed by atoms with Gasteiger partial charge in [0.25, 0.3) is 5.69 Å². The fourth-order valence-corrected chi connectivity index (χ4v) is 4.95. The number of esters is 2. The number of anilines is 1. The number of nitro benzene ring substituents is 1. The van der Waals surface area contributed by atoms with Gasteiger partial charge >= 0.3 is 18.1 Å². The van der Waals surface area contributed by atoms with Crippen molar-refractivity contribution in [2.45, 2.75) is 53.1 Å². The summed E-state index contributed by atoms with van der Waals surface area (Å²) in [4.78, 5) is 47.8. The molecule has 0 atom stereocenters. The summed E-state index contributed by atoms with van der Waals surface area (Å²) in [5, 5.41) is 10.8. The van der Waals surface area contributed by atoms with Crippen molar-refractivity contribution < 1.29 is 51.4 Å². The number of ether oxygens (including phenoxy) is 4. The molecule has 0 aliphatic carbocycles. The first-order valence-corrected chi connectivity index (χ1v) is 16.8. The lowest BCUT2D eigenvalue weighted by Crippen LogP contribution is -2.36. The third-order valence-electron chi connectivity index (χ3n) is 6.96. The predicted molar refractivity (Wildman–Crippen MR) is 186 cm³/mol. The number of aryl methyl sites for hydroxylation is 2. The second-order valence-corrected chi connectivity index (χ2v) is 11.2. The Balaban J connectivity index is 0.000000377. The molecular formula is C35H39Cl2F3N2O9. The molecular weight excluding hydrogens is 720 g/mol. The summed E-state index contributed by atoms with van der Waals surface area (Å²) in [6, 6.07) is 11.6. The second kappa shape index (κ2) is 21.1. The zero-order valence-corrected chi connectivity index (χ0v) is 30.0. The molecule has 0 saturated heterocycles. The summed E-state index contributed by atoms with van der Waals surface area (Å²) in [6.45, 7) is 8.92. The van der Waals surface area contributed by atoms with Crippen LogP contribution in [-0.4, -0.2) is 61.6 Å². The van der Waals surface area contributed by atoms with E-state index in [1.54, 1.807) is 4.90 Å². The summed E-state index contributed by atoms with van der Waals surface area (Å²) in [7, 11) is 0. The van der Waals surface area contributed by atoms with Gasteiger partial charge in [0.1, 0.15) is 22.9 Å². The summed E-state index contributed by atoms with van der Waals surface area (Å²) >= 11 is 11.6. The molecule has 0 spiro atoms. The summed E-state index contributed by atoms with van der Waals surface area (Å²) < 4.78 is 58.3. The lowest BCUT2D eigenvalue weighted by atomic mass is 10.0. The van der Waals surface area contributed by atoms with Crippen LogP contribution in [0.1, 0.15) is 61.2 Å². The Labute approximate surface area is 303 Å². The third kappa shape index (κ3) is 13.0. The van der Waals surface area contributed by atoms with Crippen molar-refractivity contribution in [1.82, 2.24) is 0 Å². The molecule has 0 N–H and O–H groups in total. The number of carbonyl (C=O) groups excluding carboxylic acids is 3. The van der Waals surface area contributed by atoms with Crippen molar-refractivity contribution in [3.63, 3.8) is 0 Å². The number of rotatable bonds is 16. The normalized spacial score (nSPS) is 10.8. The maximum Gasteiger partial charge on any atom is 0.416 e. The van der Waals surface area contributed by atoms with Gasteiger partial charge in [0.2, 0.25) is 5.91 Å². The second-order valence-electron chi connectivity index (χ2n) is 10.5. The number of carbonyl (C=O) groups is 3. The van der Waals surface area contributed by atoms with Gasteiger partial charge in [-0.1, -0.05) is 50.6 Å². The first-order valence-electron chi connectivity index (χ1n) is 15.9. The fourth-order valence-electron chi connectivity index (χ4n) is 4.59. The first kappa shape index (κ1) is 42.8. The number of hydrogen-bond acceptors (Lipinski definition) is 9. The molecule has 0 aliphatic heterocycles. The highest BCUT2D eigenvalue weighted by Crippen LogP contribution is 2.37. The van der Waals surface area contributed by atoms with Crippen LogP contribution >= 0.6 is 23.2 Å². The largest absolute Gasteiger partial charge is 0.463 e. The van der Waals surface area contributed by atoms with E-state index in [0.29, 0.717) is 19.2 Å². The van der Waals surface area contributed by atoms with Crippen molar-refractivity contribution in [3.05, 3.63) is 92.0 Å². The maximum absolute atomic E-state index is 12.7. The molecule has 3 aromatic rings. The highest BCUT2D eigenvalue weighted by Gasteiger charge is 2.31. The average Bonchev–Trinajstić information content (AvgIpc) is 3.10. The van der Waals surface area contributed by atoms with E-state index < -0.39 is 46.5 Å². The molecule has 1 amide bonds. The Kier molecular flexibility index (Phi) is 17.7. The van der Waals surface area contributed by atoms with Crippen LogP contribution in [0.4, 0.5) is 24.5 Å². The van der Waals surface area contributed by atoms with Crippen LogP contribution in [0.3, 0.4) is 0 Å². The van der Waals surface area contributed by atoms with Gasteiger partial charge in [0.15, 0.2) is 6.61 Å². The van der Waals surface area contributed by atoms with Crippen molar-refractivity contribution in [3.8, 4) is 11.5 Å². The minimum atomic E-state index is -4.61. The number of halogens is 5. The van der Waals surface area contributed by atoms with Crippen molar-refractivity contribution in [2.24, 2.45) is 0 Å². The van der Waals surface area contributed by atoms with Gasteiger partial charge in [-0.05, 0) is 61.6 Å². The van der Waals surface area contributed by atoms with Gasteiger partial charge in [0.05, 0.1) is 34.4 Å². The molecule has 3 aromatic carbocycles. The summed E-state index contributed by atoms with van der Waals surface area (Å²) in [6.07, 6.45) is -1.84. The quantitative estimate of drug-likeness (QED) is 0.0463. The van der Waals surface area contributed by atoms with Gasteiger partial charge in [0, 0.05) is 25.3 Å². The Morgan fingerprint density at radius 2 is 1.59 bits per heavy atom. The molecule has 0 radical (unpaired) electrons. The number of alkyl halides is 4. The number of nitrogens with zero attached hydrogens (tertiary/aromatic N) is 2. The van der Waals surface area contributed by atoms with Crippen LogP contribution in [0.5, 0.6) is 11.5 Å². The number of hydrogen-bond donors (Lipinski definition) is 0. The Morgan fingerprint density at radius 1 is 0.922 bits per heavy atom. The van der Waals surface area contributed by atoms with Crippen molar-refractivity contribution in [1.29, 1.82) is 0 Å². The van der Waals surface area contributed by atoms with E-state index in [0.717, 1.165) is 61.9 Å². The molecule has 0 heterocycles. The molecule has 11 nitrogen and oxygen atoms in total. The standard InChI is InChI=1S/C18H13ClF3NO7.C17H26ClNO2/c1-2-28-16(24)9-29-17(25)12-8-11(4-5-14(12)23(26)27)30-15-6-3-10(7-13(15)19)18(20,21)22;1-4-11-21-12-10-19(16(20)13-18)17-14(5-2)8-7-9-15(17)6-3/h3-8H,2,9H2,1H3;7-9H,4-6,10-13H2,1-3H3. The molecule has 0 aromatic heterocycles. The minimum Gasteiger partial charge on any atom is -0.463 e. The van der Waals surface area contributed by atoms with E-state index in [1.165, 1.54) is 18.1 Å². The van der Waals surface area contributed by atoms with Gasteiger partial charge in [-0.15, -0.1) is 11.6 Å². The molecule has 0 saturated carbocycles. The lowest BCUT2D eigenvalue weighted by molar-refractivity contribution is -0.385. The maximum atomic E-state index is 12.7. The van der Waals surface area contributed by atoms with Crippen LogP contribution < -0.4 is 9.64 Å². The molecule has 16 heteroatoms. The van der Waals surface area contributed by atoms with Crippen molar-refractivity contribution in [2.75, 3.05) is 43.8 Å². The molecule has 278 valence electrons. The van der Waals surface area contributed by atoms with E-state index in [9.17, 15) is 37.7 Å². The van der Waals surface area contributed by atoms with E-state index >= 15 is 0 Å². The zero-order chi connectivity index (χ0) is 38.1. The van der Waals surface area contributed by atoms with Gasteiger partial charge in [-0.3, -0.25) is 14.9 Å². The molecule has 3 rings (SSSR count). The number of nitro groups is 1. The van der Waals surface area contributed by atoms with E-state index in [1.807, 2.05) is 0 Å². The first-order chi connectivity index (χ1) is 24.2. The number of benzene rings is 3.